The summed E-state index contributed by atoms with van der Waals surface area (Å²) in [6.45, 7) is 0.969. The van der Waals surface area contributed by atoms with Crippen LogP contribution in [0, 0.1) is 5.92 Å². The number of aliphatic hydroxyl groups excluding tert-OH is 1. The van der Waals surface area contributed by atoms with Crippen molar-refractivity contribution < 1.29 is 15.0 Å². The number of rotatable bonds is 5. The molecule has 0 aromatic heterocycles. The molecule has 98 valence electrons. The molecule has 1 fully saturated rings. The molecule has 0 heterocycles. The van der Waals surface area contributed by atoms with Crippen molar-refractivity contribution in [2.24, 2.45) is 5.92 Å². The second-order valence-corrected chi connectivity index (χ2v) is 4.86. The van der Waals surface area contributed by atoms with Gasteiger partial charge in [-0.15, -0.1) is 0 Å². The Balaban J connectivity index is 1.88. The third-order valence-corrected chi connectivity index (χ3v) is 3.66. The Bertz CT molecular complexity index is 402. The predicted octanol–water partition coefficient (Wildman–Crippen LogP) is 1.64. The van der Waals surface area contributed by atoms with Gasteiger partial charge in [-0.3, -0.25) is 0 Å². The van der Waals surface area contributed by atoms with Crippen LogP contribution in [-0.4, -0.2) is 28.8 Å². The van der Waals surface area contributed by atoms with E-state index in [0.717, 1.165) is 24.9 Å². The average molecular weight is 249 g/mol. The summed E-state index contributed by atoms with van der Waals surface area (Å²) in [6.07, 6.45) is 3.37. The van der Waals surface area contributed by atoms with E-state index >= 15 is 0 Å². The molecule has 2 rings (SSSR count). The van der Waals surface area contributed by atoms with Gasteiger partial charge in [-0.25, -0.2) is 4.79 Å². The molecule has 4 nitrogen and oxygen atoms in total. The van der Waals surface area contributed by atoms with Crippen molar-refractivity contribution in [1.29, 1.82) is 0 Å². The normalized spacial score (nSPS) is 23.2. The molecule has 1 saturated carbocycles. The fourth-order valence-electron chi connectivity index (χ4n) is 2.54. The minimum Gasteiger partial charge on any atom is -0.478 e. The molecule has 0 radical (unpaired) electrons. The molecule has 2 atom stereocenters. The van der Waals surface area contributed by atoms with Gasteiger partial charge < -0.3 is 15.5 Å². The number of hydrogen-bond donors (Lipinski definition) is 3. The van der Waals surface area contributed by atoms with Crippen LogP contribution in [0.2, 0.25) is 0 Å². The number of aliphatic hydroxyl groups is 1. The Hall–Kier alpha value is -1.39. The van der Waals surface area contributed by atoms with Crippen LogP contribution in [0.5, 0.6) is 0 Å². The van der Waals surface area contributed by atoms with Crippen LogP contribution >= 0.6 is 0 Å². The highest BCUT2D eigenvalue weighted by atomic mass is 16.4. The van der Waals surface area contributed by atoms with Crippen molar-refractivity contribution in [1.82, 2.24) is 5.32 Å². The summed E-state index contributed by atoms with van der Waals surface area (Å²) in [5.74, 6) is -0.533. The maximum absolute atomic E-state index is 10.7. The Kier molecular flexibility index (Phi) is 4.33. The average Bonchev–Trinajstić information content (AvgIpc) is 2.84. The molecule has 1 aliphatic rings. The molecule has 18 heavy (non-hydrogen) atoms. The van der Waals surface area contributed by atoms with Crippen LogP contribution in [0.25, 0.3) is 0 Å². The van der Waals surface area contributed by atoms with E-state index < -0.39 is 5.97 Å². The van der Waals surface area contributed by atoms with Crippen LogP contribution in [0.1, 0.15) is 35.2 Å². The molecule has 1 aromatic carbocycles. The van der Waals surface area contributed by atoms with E-state index in [1.54, 1.807) is 12.1 Å². The van der Waals surface area contributed by atoms with Crippen molar-refractivity contribution in [2.75, 3.05) is 6.61 Å². The third-order valence-electron chi connectivity index (χ3n) is 3.66. The summed E-state index contributed by atoms with van der Waals surface area (Å²) in [4.78, 5) is 10.7. The Labute approximate surface area is 107 Å². The summed E-state index contributed by atoms with van der Waals surface area (Å²) >= 11 is 0. The zero-order chi connectivity index (χ0) is 13.0. The molecule has 0 saturated heterocycles. The van der Waals surface area contributed by atoms with Crippen molar-refractivity contribution in [2.45, 2.75) is 31.8 Å². The lowest BCUT2D eigenvalue weighted by Crippen LogP contribution is -2.33. The second-order valence-electron chi connectivity index (χ2n) is 4.86. The highest BCUT2D eigenvalue weighted by molar-refractivity contribution is 5.87. The minimum absolute atomic E-state index is 0.246. The van der Waals surface area contributed by atoms with Gasteiger partial charge in [0, 0.05) is 19.2 Å². The van der Waals surface area contributed by atoms with Gasteiger partial charge in [0.2, 0.25) is 0 Å². The van der Waals surface area contributed by atoms with E-state index in [1.807, 2.05) is 12.1 Å². The summed E-state index contributed by atoms with van der Waals surface area (Å²) < 4.78 is 0. The molecule has 0 aliphatic heterocycles. The monoisotopic (exact) mass is 249 g/mol. The highest BCUT2D eigenvalue weighted by Crippen LogP contribution is 2.25. The standard InChI is InChI=1S/C14H19NO3/c16-9-12-2-1-3-13(12)15-8-10-4-6-11(7-5-10)14(17)18/h4-7,12-13,15-16H,1-3,8-9H2,(H,17,18). The predicted molar refractivity (Wildman–Crippen MR) is 68.5 cm³/mol. The van der Waals surface area contributed by atoms with Crippen molar-refractivity contribution in [3.8, 4) is 0 Å². The van der Waals surface area contributed by atoms with Gasteiger partial charge in [0.15, 0.2) is 0 Å². The Morgan fingerprint density at radius 3 is 2.61 bits per heavy atom. The van der Waals surface area contributed by atoms with E-state index in [2.05, 4.69) is 5.32 Å². The maximum Gasteiger partial charge on any atom is 0.335 e. The van der Waals surface area contributed by atoms with E-state index in [0.29, 0.717) is 17.5 Å². The lowest BCUT2D eigenvalue weighted by atomic mass is 10.0. The zero-order valence-corrected chi connectivity index (χ0v) is 10.3. The summed E-state index contributed by atoms with van der Waals surface area (Å²) in [7, 11) is 0. The molecule has 0 bridgehead atoms. The number of aromatic carboxylic acids is 1. The first kappa shape index (κ1) is 13.1. The lowest BCUT2D eigenvalue weighted by Gasteiger charge is -2.19. The van der Waals surface area contributed by atoms with Crippen molar-refractivity contribution in [3.05, 3.63) is 35.4 Å². The first-order valence-corrected chi connectivity index (χ1v) is 6.37. The molecule has 0 spiro atoms. The Morgan fingerprint density at radius 2 is 2.00 bits per heavy atom. The van der Waals surface area contributed by atoms with Crippen LogP contribution < -0.4 is 5.32 Å². The molecular weight excluding hydrogens is 230 g/mol. The number of nitrogens with one attached hydrogen (secondary N) is 1. The number of carboxylic acid groups (broad SMARTS) is 1. The lowest BCUT2D eigenvalue weighted by molar-refractivity contribution is 0.0697. The van der Waals surface area contributed by atoms with Crippen LogP contribution in [0.15, 0.2) is 24.3 Å². The largest absolute Gasteiger partial charge is 0.478 e. The first-order valence-electron chi connectivity index (χ1n) is 6.37. The quantitative estimate of drug-likeness (QED) is 0.742. The second kappa shape index (κ2) is 5.98. The fourth-order valence-corrected chi connectivity index (χ4v) is 2.54. The van der Waals surface area contributed by atoms with Gasteiger partial charge in [-0.1, -0.05) is 18.6 Å². The minimum atomic E-state index is -0.898. The number of benzene rings is 1. The van der Waals surface area contributed by atoms with Crippen LogP contribution in [0.3, 0.4) is 0 Å². The molecular formula is C14H19NO3. The Morgan fingerprint density at radius 1 is 1.28 bits per heavy atom. The summed E-state index contributed by atoms with van der Waals surface area (Å²) in [5, 5.41) is 21.5. The van der Waals surface area contributed by atoms with Gasteiger partial charge >= 0.3 is 5.97 Å². The molecule has 1 aromatic rings. The smallest absolute Gasteiger partial charge is 0.335 e. The van der Waals surface area contributed by atoms with Gasteiger partial charge in [-0.2, -0.15) is 0 Å². The van der Waals surface area contributed by atoms with Crippen LogP contribution in [-0.2, 0) is 6.54 Å². The highest BCUT2D eigenvalue weighted by Gasteiger charge is 2.25. The molecule has 3 N–H and O–H groups in total. The third kappa shape index (κ3) is 3.09. The van der Waals surface area contributed by atoms with Crippen molar-refractivity contribution >= 4 is 5.97 Å². The summed E-state index contributed by atoms with van der Waals surface area (Å²) in [6, 6.07) is 7.29. The van der Waals surface area contributed by atoms with Gasteiger partial charge in [0.05, 0.1) is 5.56 Å². The van der Waals surface area contributed by atoms with Crippen molar-refractivity contribution in [3.63, 3.8) is 0 Å². The van der Waals surface area contributed by atoms with E-state index in [4.69, 9.17) is 5.11 Å². The first-order chi connectivity index (χ1) is 8.70. The van der Waals surface area contributed by atoms with E-state index in [9.17, 15) is 9.90 Å². The van der Waals surface area contributed by atoms with E-state index in [-0.39, 0.29) is 6.61 Å². The molecule has 1 aliphatic carbocycles. The number of carbonyl (C=O) groups is 1. The maximum atomic E-state index is 10.7. The van der Waals surface area contributed by atoms with E-state index in [1.165, 1.54) is 6.42 Å². The number of hydrogen-bond acceptors (Lipinski definition) is 3. The number of carboxylic acids is 1. The summed E-state index contributed by atoms with van der Waals surface area (Å²) in [5.41, 5.74) is 1.39. The molecule has 4 heteroatoms. The van der Waals surface area contributed by atoms with Gasteiger partial charge in [0.1, 0.15) is 0 Å². The SMILES string of the molecule is O=C(O)c1ccc(CNC2CCCC2CO)cc1. The van der Waals surface area contributed by atoms with Crippen LogP contribution in [0.4, 0.5) is 0 Å². The topological polar surface area (TPSA) is 69.6 Å². The van der Waals surface area contributed by atoms with Gasteiger partial charge in [-0.05, 0) is 36.5 Å². The zero-order valence-electron chi connectivity index (χ0n) is 10.3. The fraction of sp³-hybridized carbons (Fsp3) is 0.500. The molecule has 0 amide bonds. The van der Waals surface area contributed by atoms with Gasteiger partial charge in [0.25, 0.3) is 0 Å². The molecule has 2 unspecified atom stereocenters.